The zero-order chi connectivity index (χ0) is 11.1. The molecule has 0 fully saturated rings. The van der Waals surface area contributed by atoms with E-state index >= 15 is 0 Å². The van der Waals surface area contributed by atoms with Crippen LogP contribution in [0.15, 0.2) is 24.3 Å². The van der Waals surface area contributed by atoms with Crippen molar-refractivity contribution < 1.29 is 9.53 Å². The summed E-state index contributed by atoms with van der Waals surface area (Å²) in [5, 5.41) is 2.82. The average Bonchev–Trinajstić information content (AvgIpc) is 2.27. The van der Waals surface area contributed by atoms with Crippen molar-refractivity contribution in [3.8, 4) is 5.75 Å². The summed E-state index contributed by atoms with van der Waals surface area (Å²) in [7, 11) is 1.62. The summed E-state index contributed by atoms with van der Waals surface area (Å²) in [6.45, 7) is 0. The smallest absolute Gasteiger partial charge is 0.225 e. The van der Waals surface area contributed by atoms with Crippen molar-refractivity contribution in [3.05, 3.63) is 24.3 Å². The maximum absolute atomic E-state index is 11.4. The van der Waals surface area contributed by atoms with Gasteiger partial charge < -0.3 is 10.1 Å². The monoisotopic (exact) mass is 225 g/mol. The van der Waals surface area contributed by atoms with Gasteiger partial charge in [0, 0.05) is 17.9 Å². The van der Waals surface area contributed by atoms with E-state index in [1.54, 1.807) is 18.9 Å². The SMILES string of the molecule is COc1ccc(NC(=O)CCSC)cc1. The molecule has 0 radical (unpaired) electrons. The third-order valence-corrected chi connectivity index (χ3v) is 2.52. The number of carbonyl (C=O) groups excluding carboxylic acids is 1. The number of hydrogen-bond donors (Lipinski definition) is 1. The Morgan fingerprint density at radius 1 is 1.40 bits per heavy atom. The fraction of sp³-hybridized carbons (Fsp3) is 0.364. The maximum Gasteiger partial charge on any atom is 0.225 e. The number of thioether (sulfide) groups is 1. The van der Waals surface area contributed by atoms with Gasteiger partial charge in [0.25, 0.3) is 0 Å². The first kappa shape index (κ1) is 11.9. The van der Waals surface area contributed by atoms with Gasteiger partial charge in [-0.15, -0.1) is 0 Å². The predicted octanol–water partition coefficient (Wildman–Crippen LogP) is 2.39. The van der Waals surface area contributed by atoms with E-state index in [-0.39, 0.29) is 5.91 Å². The molecule has 1 N–H and O–H groups in total. The van der Waals surface area contributed by atoms with E-state index in [4.69, 9.17) is 4.74 Å². The van der Waals surface area contributed by atoms with Crippen molar-refractivity contribution in [2.24, 2.45) is 0 Å². The van der Waals surface area contributed by atoms with Gasteiger partial charge in [-0.25, -0.2) is 0 Å². The first-order valence-electron chi connectivity index (χ1n) is 4.69. The summed E-state index contributed by atoms with van der Waals surface area (Å²) < 4.78 is 5.02. The van der Waals surface area contributed by atoms with Crippen LogP contribution in [0.1, 0.15) is 6.42 Å². The third kappa shape index (κ3) is 4.25. The Balaban J connectivity index is 2.46. The van der Waals surface area contributed by atoms with E-state index in [1.807, 2.05) is 30.5 Å². The molecule has 1 amide bonds. The van der Waals surface area contributed by atoms with Crippen LogP contribution in [0.2, 0.25) is 0 Å². The number of hydrogen-bond acceptors (Lipinski definition) is 3. The van der Waals surface area contributed by atoms with Gasteiger partial charge in [0.05, 0.1) is 7.11 Å². The fourth-order valence-corrected chi connectivity index (χ4v) is 1.48. The number of anilines is 1. The molecule has 15 heavy (non-hydrogen) atoms. The first-order chi connectivity index (χ1) is 7.26. The van der Waals surface area contributed by atoms with Crippen LogP contribution in [-0.4, -0.2) is 25.0 Å². The van der Waals surface area contributed by atoms with E-state index in [9.17, 15) is 4.79 Å². The largest absolute Gasteiger partial charge is 0.497 e. The second-order valence-corrected chi connectivity index (χ2v) is 4.01. The molecule has 4 heteroatoms. The predicted molar refractivity (Wildman–Crippen MR) is 64.6 cm³/mol. The van der Waals surface area contributed by atoms with Crippen molar-refractivity contribution in [2.45, 2.75) is 6.42 Å². The minimum atomic E-state index is 0.0505. The number of ether oxygens (including phenoxy) is 1. The molecule has 0 atom stereocenters. The zero-order valence-corrected chi connectivity index (χ0v) is 9.76. The van der Waals surface area contributed by atoms with Gasteiger partial charge in [-0.3, -0.25) is 4.79 Å². The molecule has 3 nitrogen and oxygen atoms in total. The molecule has 0 aliphatic rings. The summed E-state index contributed by atoms with van der Waals surface area (Å²) >= 11 is 1.67. The quantitative estimate of drug-likeness (QED) is 0.836. The molecule has 0 saturated carbocycles. The zero-order valence-electron chi connectivity index (χ0n) is 8.95. The molecule has 0 heterocycles. The average molecular weight is 225 g/mol. The van der Waals surface area contributed by atoms with Crippen molar-refractivity contribution in [1.82, 2.24) is 0 Å². The van der Waals surface area contributed by atoms with Gasteiger partial charge in [0.2, 0.25) is 5.91 Å². The number of rotatable bonds is 5. The van der Waals surface area contributed by atoms with Gasteiger partial charge >= 0.3 is 0 Å². The van der Waals surface area contributed by atoms with Gasteiger partial charge in [0.15, 0.2) is 0 Å². The number of methoxy groups -OCH3 is 1. The molecule has 0 aliphatic carbocycles. The lowest BCUT2D eigenvalue weighted by Gasteiger charge is -2.05. The highest BCUT2D eigenvalue weighted by Crippen LogP contribution is 2.15. The lowest BCUT2D eigenvalue weighted by molar-refractivity contribution is -0.115. The van der Waals surface area contributed by atoms with Crippen LogP contribution in [0.3, 0.4) is 0 Å². The molecule has 0 unspecified atom stereocenters. The summed E-state index contributed by atoms with van der Waals surface area (Å²) in [5.41, 5.74) is 0.807. The Kier molecular flexibility index (Phi) is 5.04. The molecule has 1 aromatic carbocycles. The van der Waals surface area contributed by atoms with Gasteiger partial charge in [-0.1, -0.05) is 0 Å². The highest BCUT2D eigenvalue weighted by molar-refractivity contribution is 7.98. The molecule has 0 saturated heterocycles. The Bertz CT molecular complexity index is 311. The van der Waals surface area contributed by atoms with Crippen LogP contribution in [0, 0.1) is 0 Å². The Morgan fingerprint density at radius 2 is 2.07 bits per heavy atom. The number of benzene rings is 1. The van der Waals surface area contributed by atoms with Crippen LogP contribution in [0.5, 0.6) is 5.75 Å². The number of nitrogens with one attached hydrogen (secondary N) is 1. The lowest BCUT2D eigenvalue weighted by atomic mass is 10.3. The highest BCUT2D eigenvalue weighted by Gasteiger charge is 2.01. The molecular weight excluding hydrogens is 210 g/mol. The van der Waals surface area contributed by atoms with E-state index in [2.05, 4.69) is 5.32 Å². The van der Waals surface area contributed by atoms with Crippen LogP contribution in [0.25, 0.3) is 0 Å². The van der Waals surface area contributed by atoms with E-state index in [0.717, 1.165) is 17.2 Å². The van der Waals surface area contributed by atoms with Crippen LogP contribution < -0.4 is 10.1 Å². The summed E-state index contributed by atoms with van der Waals surface area (Å²) in [4.78, 5) is 11.4. The molecule has 1 rings (SSSR count). The highest BCUT2D eigenvalue weighted by atomic mass is 32.2. The van der Waals surface area contributed by atoms with Gasteiger partial charge in [0.1, 0.15) is 5.75 Å². The Labute approximate surface area is 94.2 Å². The normalized spacial score (nSPS) is 9.73. The van der Waals surface area contributed by atoms with Crippen molar-refractivity contribution in [1.29, 1.82) is 0 Å². The van der Waals surface area contributed by atoms with Crippen molar-refractivity contribution in [3.63, 3.8) is 0 Å². The third-order valence-electron chi connectivity index (χ3n) is 1.91. The fourth-order valence-electron chi connectivity index (χ4n) is 1.09. The van der Waals surface area contributed by atoms with Crippen LogP contribution in [-0.2, 0) is 4.79 Å². The van der Waals surface area contributed by atoms with Crippen LogP contribution >= 0.6 is 11.8 Å². The number of amides is 1. The van der Waals surface area contributed by atoms with E-state index < -0.39 is 0 Å². The molecule has 1 aromatic rings. The first-order valence-corrected chi connectivity index (χ1v) is 6.08. The van der Waals surface area contributed by atoms with Gasteiger partial charge in [-0.2, -0.15) is 11.8 Å². The maximum atomic E-state index is 11.4. The topological polar surface area (TPSA) is 38.3 Å². The Morgan fingerprint density at radius 3 is 2.60 bits per heavy atom. The lowest BCUT2D eigenvalue weighted by Crippen LogP contribution is -2.11. The molecular formula is C11H15NO2S. The molecule has 0 aliphatic heterocycles. The van der Waals surface area contributed by atoms with Gasteiger partial charge in [-0.05, 0) is 30.5 Å². The molecule has 0 bridgehead atoms. The van der Waals surface area contributed by atoms with E-state index in [1.165, 1.54) is 0 Å². The van der Waals surface area contributed by atoms with Crippen molar-refractivity contribution in [2.75, 3.05) is 24.4 Å². The van der Waals surface area contributed by atoms with E-state index in [0.29, 0.717) is 6.42 Å². The standard InChI is InChI=1S/C11H15NO2S/c1-14-10-5-3-9(4-6-10)12-11(13)7-8-15-2/h3-6H,7-8H2,1-2H3,(H,12,13). The minimum absolute atomic E-state index is 0.0505. The Hall–Kier alpha value is -1.16. The van der Waals surface area contributed by atoms with Crippen LogP contribution in [0.4, 0.5) is 5.69 Å². The number of carbonyl (C=O) groups is 1. The second kappa shape index (κ2) is 6.35. The summed E-state index contributed by atoms with van der Waals surface area (Å²) in [6.07, 6.45) is 2.54. The molecule has 0 aromatic heterocycles. The minimum Gasteiger partial charge on any atom is -0.497 e. The summed E-state index contributed by atoms with van der Waals surface area (Å²) in [6, 6.07) is 7.31. The second-order valence-electron chi connectivity index (χ2n) is 3.02. The summed E-state index contributed by atoms with van der Waals surface area (Å²) in [5.74, 6) is 1.69. The van der Waals surface area contributed by atoms with Crippen molar-refractivity contribution >= 4 is 23.4 Å². The molecule has 82 valence electrons. The molecule has 0 spiro atoms.